The Kier molecular flexibility index (Phi) is 29.5. The Labute approximate surface area is 514 Å². The van der Waals surface area contributed by atoms with Gasteiger partial charge < -0.3 is 62.7 Å². The molecule has 5 aliphatic rings. The first-order valence-corrected chi connectivity index (χ1v) is 31.6. The Bertz CT molecular complexity index is 2200. The predicted octanol–water partition coefficient (Wildman–Crippen LogP) is 6.24. The summed E-state index contributed by atoms with van der Waals surface area (Å²) >= 11 is 0. The third kappa shape index (κ3) is 21.5. The molecule has 5 saturated carbocycles. The zero-order chi connectivity index (χ0) is 64.6. The minimum Gasteiger partial charge on any atom is -0.481 e. The second kappa shape index (κ2) is 35.8. The van der Waals surface area contributed by atoms with Crippen LogP contribution in [0, 0.1) is 70.0 Å². The first kappa shape index (κ1) is 72.5. The maximum absolute atomic E-state index is 14.4. The molecule has 88 heavy (non-hydrogen) atoms. The zero-order valence-electron chi connectivity index (χ0n) is 51.9. The van der Waals surface area contributed by atoms with E-state index < -0.39 is 201 Å². The van der Waals surface area contributed by atoms with E-state index in [1.54, 1.807) is 13.8 Å². The van der Waals surface area contributed by atoms with Crippen molar-refractivity contribution in [2.24, 2.45) is 70.0 Å². The number of hydrogen-bond acceptors (Lipinski definition) is 23. The largest absolute Gasteiger partial charge is 0.481 e. The number of esters is 9. The summed E-state index contributed by atoms with van der Waals surface area (Å²) in [6, 6.07) is 0. The van der Waals surface area contributed by atoms with Gasteiger partial charge in [-0.2, -0.15) is 0 Å². The first-order valence-electron chi connectivity index (χ1n) is 31.6. The normalized spacial score (nSPS) is 26.7. The van der Waals surface area contributed by atoms with Crippen molar-refractivity contribution in [1.29, 1.82) is 0 Å². The summed E-state index contributed by atoms with van der Waals surface area (Å²) in [6.45, 7) is 0.847. The second-order valence-electron chi connectivity index (χ2n) is 25.0. The Morgan fingerprint density at radius 1 is 0.352 bits per heavy atom. The lowest BCUT2D eigenvalue weighted by atomic mass is 9.77. The quantitative estimate of drug-likeness (QED) is 0.0483. The van der Waals surface area contributed by atoms with Crippen LogP contribution in [0.25, 0.3) is 0 Å². The number of carboxylic acids is 2. The Morgan fingerprint density at radius 3 is 0.875 bits per heavy atom. The van der Waals surface area contributed by atoms with E-state index in [9.17, 15) is 72.9 Å². The Hall–Kier alpha value is -6.24. The molecule has 12 atom stereocenters. The third-order valence-electron chi connectivity index (χ3n) is 18.3. The van der Waals surface area contributed by atoms with E-state index in [4.69, 9.17) is 47.4 Å². The molecule has 5 aliphatic carbocycles. The maximum atomic E-state index is 14.4. The van der Waals surface area contributed by atoms with Gasteiger partial charge in [0.05, 0.1) is 83.9 Å². The molecule has 0 aromatic carbocycles. The Morgan fingerprint density at radius 2 is 0.602 bits per heavy atom. The fourth-order valence-electron chi connectivity index (χ4n) is 12.8. The van der Waals surface area contributed by atoms with Crippen LogP contribution in [-0.4, -0.2) is 165 Å². The second-order valence-corrected chi connectivity index (χ2v) is 25.0. The van der Waals surface area contributed by atoms with E-state index in [0.29, 0.717) is 89.9 Å². The number of Topliss-reactive ketones (excluding diaryl/α,β-unsaturated/α-hetero) is 1. The molecule has 0 amide bonds. The fraction of sp³-hybridized carbons (Fsp3) is 0.810. The molecule has 0 saturated heterocycles. The molecule has 0 bridgehead atoms. The van der Waals surface area contributed by atoms with Gasteiger partial charge in [0.1, 0.15) is 64.2 Å². The number of aliphatic carboxylic acids is 2. The molecule has 5 rings (SSSR count). The van der Waals surface area contributed by atoms with Crippen molar-refractivity contribution >= 4 is 71.4 Å². The molecule has 0 aromatic heterocycles. The lowest BCUT2D eigenvalue weighted by Gasteiger charge is -2.37. The van der Waals surface area contributed by atoms with Gasteiger partial charge in [-0.3, -0.25) is 57.5 Å². The molecular formula is C63H94O25. The van der Waals surface area contributed by atoms with Crippen molar-refractivity contribution < 1.29 is 120 Å². The molecule has 3 N–H and O–H groups in total. The lowest BCUT2D eigenvalue weighted by Crippen LogP contribution is -2.48. The summed E-state index contributed by atoms with van der Waals surface area (Å²) < 4.78 is 57.9. The number of aliphatic hydroxyl groups excluding tert-OH is 1. The van der Waals surface area contributed by atoms with E-state index in [0.717, 1.165) is 0 Å². The number of rotatable bonds is 33. The predicted molar refractivity (Wildman–Crippen MR) is 304 cm³/mol. The third-order valence-corrected chi connectivity index (χ3v) is 18.3. The highest BCUT2D eigenvalue weighted by Gasteiger charge is 2.47. The van der Waals surface area contributed by atoms with Gasteiger partial charge >= 0.3 is 65.7 Å². The first-order chi connectivity index (χ1) is 42.0. The summed E-state index contributed by atoms with van der Waals surface area (Å²) in [4.78, 5) is 159. The van der Waals surface area contributed by atoms with Gasteiger partial charge in [-0.15, -0.1) is 0 Å². The van der Waals surface area contributed by atoms with Crippen molar-refractivity contribution in [1.82, 2.24) is 0 Å². The maximum Gasteiger partial charge on any atom is 0.310 e. The average molecular weight is 1250 g/mol. The molecule has 0 spiro atoms. The van der Waals surface area contributed by atoms with Crippen LogP contribution in [0.4, 0.5) is 0 Å². The van der Waals surface area contributed by atoms with Crippen LogP contribution in [-0.2, 0) is 105 Å². The van der Waals surface area contributed by atoms with Crippen molar-refractivity contribution in [3.8, 4) is 0 Å². The van der Waals surface area contributed by atoms with E-state index in [2.05, 4.69) is 0 Å². The minimum atomic E-state index is -1.90. The van der Waals surface area contributed by atoms with Crippen LogP contribution in [0.1, 0.15) is 176 Å². The van der Waals surface area contributed by atoms with Crippen LogP contribution >= 0.6 is 0 Å². The highest BCUT2D eigenvalue weighted by atomic mass is 16.6. The van der Waals surface area contributed by atoms with Gasteiger partial charge in [0.25, 0.3) is 0 Å². The number of ether oxygens (including phenoxy) is 10. The smallest absolute Gasteiger partial charge is 0.310 e. The standard InChI is InChI=1S/C63H94O25/c1-6-41(28-80-39(4)66)87-60(77)51-26-16-14-24-49(51)58(75)82-33-62(30-64,34-83-59(76)50-25-15-17-27-52(50)61(78)88-42(7-2)29-81-40(5)67)31-79-32-63(35-84-55(72)46-21-11-8-18-43(46)38(3)65,36-85-56(73)47-22-12-9-19-44(47)53(68)69)37-86-57(74)48-23-13-10-20-45(48)54(70)71/h41-52,64H,6-37H2,1-5H3,(H,68,69)(H,70,71). The molecule has 25 nitrogen and oxygen atoms in total. The number of hydrogen-bond donors (Lipinski definition) is 3. The average Bonchev–Trinajstić information content (AvgIpc) is 3.51. The molecule has 496 valence electrons. The van der Waals surface area contributed by atoms with Crippen LogP contribution in [0.3, 0.4) is 0 Å². The lowest BCUT2D eigenvalue weighted by molar-refractivity contribution is -0.184. The topological polar surface area (TPSA) is 358 Å². The Balaban J connectivity index is 1.51. The highest BCUT2D eigenvalue weighted by molar-refractivity contribution is 5.86. The highest BCUT2D eigenvalue weighted by Crippen LogP contribution is 2.39. The number of carbonyl (C=O) groups excluding carboxylic acids is 10. The molecule has 12 unspecified atom stereocenters. The molecule has 5 fully saturated rings. The van der Waals surface area contributed by atoms with Crippen LogP contribution in [0.2, 0.25) is 0 Å². The zero-order valence-corrected chi connectivity index (χ0v) is 51.9. The monoisotopic (exact) mass is 1250 g/mol. The van der Waals surface area contributed by atoms with E-state index in [1.807, 2.05) is 0 Å². The van der Waals surface area contributed by atoms with Crippen molar-refractivity contribution in [2.45, 2.75) is 188 Å². The SMILES string of the molecule is CCC(COC(C)=O)OC(=O)C1CCCCC1C(=O)OCC(CO)(COCC(COC(=O)C1CCCCC1C(C)=O)(COC(=O)C1CCCCC1C(=O)O)COC(=O)C1CCCCC1C(=O)O)COC(=O)C1CCCCC1C(=O)OC(CC)COC(C)=O. The van der Waals surface area contributed by atoms with Crippen LogP contribution in [0.5, 0.6) is 0 Å². The summed E-state index contributed by atoms with van der Waals surface area (Å²) in [7, 11) is 0. The number of aliphatic hydroxyl groups is 1. The number of carboxylic acid groups (broad SMARTS) is 2. The van der Waals surface area contributed by atoms with Crippen molar-refractivity contribution in [2.75, 3.05) is 66.1 Å². The summed E-state index contributed by atoms with van der Waals surface area (Å²) in [5.74, 6) is -19.6. The molecule has 0 heterocycles. The van der Waals surface area contributed by atoms with Crippen LogP contribution < -0.4 is 0 Å². The fourth-order valence-corrected chi connectivity index (χ4v) is 12.8. The number of carbonyl (C=O) groups is 12. The van der Waals surface area contributed by atoms with Crippen molar-refractivity contribution in [3.63, 3.8) is 0 Å². The van der Waals surface area contributed by atoms with E-state index >= 15 is 0 Å². The van der Waals surface area contributed by atoms with Crippen molar-refractivity contribution in [3.05, 3.63) is 0 Å². The van der Waals surface area contributed by atoms with Gasteiger partial charge in [-0.25, -0.2) is 0 Å². The molecular weight excluding hydrogens is 1160 g/mol. The molecule has 0 aromatic rings. The molecule has 0 radical (unpaired) electrons. The van der Waals surface area contributed by atoms with Gasteiger partial charge in [0, 0.05) is 19.8 Å². The van der Waals surface area contributed by atoms with Gasteiger partial charge in [-0.05, 0) is 84.0 Å². The van der Waals surface area contributed by atoms with Gasteiger partial charge in [0.2, 0.25) is 0 Å². The minimum absolute atomic E-state index is 0.169. The van der Waals surface area contributed by atoms with Crippen LogP contribution in [0.15, 0.2) is 0 Å². The number of ketones is 1. The summed E-state index contributed by atoms with van der Waals surface area (Å²) in [6.07, 6.45) is 6.90. The molecule has 0 aliphatic heterocycles. The van der Waals surface area contributed by atoms with Gasteiger partial charge in [-0.1, -0.05) is 78.1 Å². The summed E-state index contributed by atoms with van der Waals surface area (Å²) in [5, 5.41) is 31.8. The van der Waals surface area contributed by atoms with Gasteiger partial charge in [0.15, 0.2) is 0 Å². The van der Waals surface area contributed by atoms with E-state index in [1.165, 1.54) is 20.8 Å². The molecule has 25 heteroatoms. The summed E-state index contributed by atoms with van der Waals surface area (Å²) in [5.41, 5.74) is -3.80. The van der Waals surface area contributed by atoms with E-state index in [-0.39, 0.29) is 70.4 Å².